The van der Waals surface area contributed by atoms with E-state index >= 15 is 0 Å². The standard InChI is InChI=1S/C13H22N4O3S/c1-10-8-15(3)5-6-17(10)13(18)12-7-11(9-16(12)4)21(19,20)14-2/h7,9-10,14H,5-6,8H2,1-4H3. The van der Waals surface area contributed by atoms with Gasteiger partial charge in [0.1, 0.15) is 10.6 Å². The molecule has 0 aliphatic carbocycles. The lowest BCUT2D eigenvalue weighted by Gasteiger charge is -2.38. The van der Waals surface area contributed by atoms with E-state index in [4.69, 9.17) is 0 Å². The fraction of sp³-hybridized carbons (Fsp3) is 0.615. The molecule has 8 heteroatoms. The van der Waals surface area contributed by atoms with Gasteiger partial charge in [-0.15, -0.1) is 0 Å². The molecule has 1 saturated heterocycles. The molecule has 2 rings (SSSR count). The number of nitrogens with zero attached hydrogens (tertiary/aromatic N) is 3. The maximum absolute atomic E-state index is 12.6. The van der Waals surface area contributed by atoms with Crippen LogP contribution >= 0.6 is 0 Å². The van der Waals surface area contributed by atoms with E-state index in [0.717, 1.165) is 13.1 Å². The average Bonchev–Trinajstić information content (AvgIpc) is 2.81. The van der Waals surface area contributed by atoms with Crippen LogP contribution in [0, 0.1) is 0 Å². The van der Waals surface area contributed by atoms with Crippen molar-refractivity contribution in [2.75, 3.05) is 33.7 Å². The van der Waals surface area contributed by atoms with Gasteiger partial charge in [0.15, 0.2) is 0 Å². The van der Waals surface area contributed by atoms with Crippen molar-refractivity contribution in [3.05, 3.63) is 18.0 Å². The molecular weight excluding hydrogens is 292 g/mol. The highest BCUT2D eigenvalue weighted by Gasteiger charge is 2.29. The topological polar surface area (TPSA) is 74.7 Å². The third-order valence-corrected chi connectivity index (χ3v) is 5.25. The number of likely N-dealkylation sites (N-methyl/N-ethyl adjacent to an activating group) is 1. The first kappa shape index (κ1) is 16.0. The summed E-state index contributed by atoms with van der Waals surface area (Å²) in [4.78, 5) is 16.7. The van der Waals surface area contributed by atoms with Crippen LogP contribution in [-0.4, -0.2) is 68.5 Å². The predicted octanol–water partition coefficient (Wildman–Crippen LogP) is -0.291. The lowest BCUT2D eigenvalue weighted by Crippen LogP contribution is -2.53. The van der Waals surface area contributed by atoms with Crippen LogP contribution in [0.25, 0.3) is 0 Å². The number of piperazine rings is 1. The van der Waals surface area contributed by atoms with Crippen molar-refractivity contribution in [2.45, 2.75) is 17.9 Å². The molecule has 21 heavy (non-hydrogen) atoms. The minimum atomic E-state index is -3.54. The van der Waals surface area contributed by atoms with Crippen molar-refractivity contribution in [1.82, 2.24) is 19.1 Å². The minimum Gasteiger partial charge on any atom is -0.345 e. The van der Waals surface area contributed by atoms with Crippen molar-refractivity contribution < 1.29 is 13.2 Å². The van der Waals surface area contributed by atoms with Gasteiger partial charge in [-0.25, -0.2) is 13.1 Å². The Labute approximate surface area is 125 Å². The van der Waals surface area contributed by atoms with Crippen molar-refractivity contribution in [3.63, 3.8) is 0 Å². The van der Waals surface area contributed by atoms with Gasteiger partial charge in [0.25, 0.3) is 5.91 Å². The van der Waals surface area contributed by atoms with Crippen molar-refractivity contribution in [3.8, 4) is 0 Å². The average molecular weight is 314 g/mol. The maximum atomic E-state index is 12.6. The molecule has 7 nitrogen and oxygen atoms in total. The number of sulfonamides is 1. The molecule has 1 amide bonds. The highest BCUT2D eigenvalue weighted by atomic mass is 32.2. The summed E-state index contributed by atoms with van der Waals surface area (Å²) in [5.41, 5.74) is 0.389. The van der Waals surface area contributed by atoms with Gasteiger partial charge in [0.2, 0.25) is 10.0 Å². The van der Waals surface area contributed by atoms with Gasteiger partial charge in [-0.05, 0) is 27.1 Å². The zero-order valence-electron chi connectivity index (χ0n) is 12.8. The number of carbonyl (C=O) groups is 1. The summed E-state index contributed by atoms with van der Waals surface area (Å²) in [6.07, 6.45) is 1.46. The lowest BCUT2D eigenvalue weighted by atomic mass is 10.2. The summed E-state index contributed by atoms with van der Waals surface area (Å²) >= 11 is 0. The summed E-state index contributed by atoms with van der Waals surface area (Å²) in [6, 6.07) is 1.54. The second-order valence-electron chi connectivity index (χ2n) is 5.49. The van der Waals surface area contributed by atoms with Crippen LogP contribution in [0.15, 0.2) is 17.2 Å². The van der Waals surface area contributed by atoms with Gasteiger partial charge in [-0.3, -0.25) is 4.79 Å². The second kappa shape index (κ2) is 5.78. The maximum Gasteiger partial charge on any atom is 0.270 e. The Balaban J connectivity index is 2.28. The fourth-order valence-electron chi connectivity index (χ4n) is 2.60. The first-order valence-corrected chi connectivity index (χ1v) is 8.34. The van der Waals surface area contributed by atoms with Crippen LogP contribution in [0.1, 0.15) is 17.4 Å². The second-order valence-corrected chi connectivity index (χ2v) is 7.38. The van der Waals surface area contributed by atoms with Gasteiger partial charge in [-0.1, -0.05) is 0 Å². The quantitative estimate of drug-likeness (QED) is 0.832. The van der Waals surface area contributed by atoms with Crippen molar-refractivity contribution in [1.29, 1.82) is 0 Å². The lowest BCUT2D eigenvalue weighted by molar-refractivity contribution is 0.0524. The summed E-state index contributed by atoms with van der Waals surface area (Å²) in [7, 11) is 1.53. The number of carbonyl (C=O) groups excluding carboxylic acids is 1. The minimum absolute atomic E-state index is 0.107. The Morgan fingerprint density at radius 1 is 1.33 bits per heavy atom. The van der Waals surface area contributed by atoms with Crippen LogP contribution < -0.4 is 4.72 Å². The highest BCUT2D eigenvalue weighted by Crippen LogP contribution is 2.17. The van der Waals surface area contributed by atoms with E-state index in [2.05, 4.69) is 9.62 Å². The molecule has 1 unspecified atom stereocenters. The molecule has 118 valence electrons. The summed E-state index contributed by atoms with van der Waals surface area (Å²) in [6.45, 7) is 4.29. The first-order chi connectivity index (χ1) is 9.76. The summed E-state index contributed by atoms with van der Waals surface area (Å²) in [5, 5.41) is 0. The third-order valence-electron chi connectivity index (χ3n) is 3.87. The van der Waals surface area contributed by atoms with Crippen LogP contribution in [0.5, 0.6) is 0 Å². The molecule has 0 radical (unpaired) electrons. The number of aryl methyl sites for hydroxylation is 1. The van der Waals surface area contributed by atoms with E-state index in [1.807, 2.05) is 14.0 Å². The molecule has 0 aromatic carbocycles. The summed E-state index contributed by atoms with van der Waals surface area (Å²) < 4.78 is 27.5. The van der Waals surface area contributed by atoms with Crippen LogP contribution in [0.2, 0.25) is 0 Å². The number of hydrogen-bond acceptors (Lipinski definition) is 4. The van der Waals surface area contributed by atoms with E-state index in [1.165, 1.54) is 19.3 Å². The van der Waals surface area contributed by atoms with Gasteiger partial charge >= 0.3 is 0 Å². The fourth-order valence-corrected chi connectivity index (χ4v) is 3.40. The van der Waals surface area contributed by atoms with Crippen LogP contribution in [0.3, 0.4) is 0 Å². The number of amides is 1. The first-order valence-electron chi connectivity index (χ1n) is 6.85. The normalized spacial score (nSPS) is 20.8. The molecule has 1 atom stereocenters. The molecule has 2 heterocycles. The zero-order chi connectivity index (χ0) is 15.8. The van der Waals surface area contributed by atoms with Crippen LogP contribution in [0.4, 0.5) is 0 Å². The molecule has 0 spiro atoms. The Kier molecular flexibility index (Phi) is 4.40. The molecule has 1 fully saturated rings. The van der Waals surface area contributed by atoms with Crippen molar-refractivity contribution >= 4 is 15.9 Å². The molecule has 1 aliphatic rings. The Hall–Kier alpha value is -1.38. The van der Waals surface area contributed by atoms with Gasteiger partial charge in [0, 0.05) is 38.9 Å². The Morgan fingerprint density at radius 2 is 2.00 bits per heavy atom. The van der Waals surface area contributed by atoms with Crippen molar-refractivity contribution in [2.24, 2.45) is 7.05 Å². The van der Waals surface area contributed by atoms with Gasteiger partial charge in [-0.2, -0.15) is 0 Å². The van der Waals surface area contributed by atoms with E-state index in [9.17, 15) is 13.2 Å². The van der Waals surface area contributed by atoms with E-state index in [1.54, 1.807) is 16.5 Å². The molecule has 1 aromatic heterocycles. The van der Waals surface area contributed by atoms with Gasteiger partial charge in [0.05, 0.1) is 0 Å². The summed E-state index contributed by atoms with van der Waals surface area (Å²) in [5.74, 6) is -0.129. The Bertz CT molecular complexity index is 638. The third kappa shape index (κ3) is 3.12. The van der Waals surface area contributed by atoms with Crippen LogP contribution in [-0.2, 0) is 17.1 Å². The number of nitrogens with one attached hydrogen (secondary N) is 1. The van der Waals surface area contributed by atoms with E-state index < -0.39 is 10.0 Å². The molecule has 1 N–H and O–H groups in total. The zero-order valence-corrected chi connectivity index (χ0v) is 13.6. The van der Waals surface area contributed by atoms with E-state index in [-0.39, 0.29) is 16.8 Å². The molecule has 1 aliphatic heterocycles. The molecular formula is C13H22N4O3S. The predicted molar refractivity (Wildman–Crippen MR) is 79.7 cm³/mol. The largest absolute Gasteiger partial charge is 0.345 e. The molecule has 0 bridgehead atoms. The number of hydrogen-bond donors (Lipinski definition) is 1. The Morgan fingerprint density at radius 3 is 2.57 bits per heavy atom. The smallest absolute Gasteiger partial charge is 0.270 e. The highest BCUT2D eigenvalue weighted by molar-refractivity contribution is 7.89. The number of aromatic nitrogens is 1. The monoisotopic (exact) mass is 314 g/mol. The van der Waals surface area contributed by atoms with Gasteiger partial charge < -0.3 is 14.4 Å². The molecule has 1 aromatic rings. The molecule has 0 saturated carbocycles. The number of rotatable bonds is 3. The SMILES string of the molecule is CNS(=O)(=O)c1cc(C(=O)N2CCN(C)CC2C)n(C)c1. The van der Waals surface area contributed by atoms with E-state index in [0.29, 0.717) is 12.2 Å².